The SMILES string of the molecule is NC(=O)C(=Cc1c[nH]c2nc(Nc3ccc(C(N)=O)cc3)ccc12)c1ccccc1. The van der Waals surface area contributed by atoms with Gasteiger partial charge >= 0.3 is 0 Å². The molecule has 2 amide bonds. The molecule has 4 aromatic rings. The van der Waals surface area contributed by atoms with Crippen molar-refractivity contribution < 1.29 is 9.59 Å². The van der Waals surface area contributed by atoms with Crippen LogP contribution in [0.4, 0.5) is 11.5 Å². The number of amides is 2. The first-order chi connectivity index (χ1) is 14.5. The highest BCUT2D eigenvalue weighted by molar-refractivity contribution is 6.24. The highest BCUT2D eigenvalue weighted by Gasteiger charge is 2.11. The van der Waals surface area contributed by atoms with Gasteiger partial charge in [0.25, 0.3) is 0 Å². The van der Waals surface area contributed by atoms with Gasteiger partial charge in [-0.05, 0) is 48.0 Å². The molecule has 0 aliphatic carbocycles. The minimum atomic E-state index is -0.499. The fourth-order valence-electron chi connectivity index (χ4n) is 3.15. The summed E-state index contributed by atoms with van der Waals surface area (Å²) in [5, 5.41) is 4.04. The molecule has 6 N–H and O–H groups in total. The van der Waals surface area contributed by atoms with E-state index in [1.165, 1.54) is 0 Å². The number of carbonyl (C=O) groups is 2. The first kappa shape index (κ1) is 18.9. The van der Waals surface area contributed by atoms with Crippen molar-refractivity contribution in [3.8, 4) is 0 Å². The molecule has 0 fully saturated rings. The molecule has 148 valence electrons. The van der Waals surface area contributed by atoms with Crippen molar-refractivity contribution in [2.24, 2.45) is 11.5 Å². The number of benzene rings is 2. The first-order valence-electron chi connectivity index (χ1n) is 9.23. The average molecular weight is 397 g/mol. The van der Waals surface area contributed by atoms with E-state index in [1.807, 2.05) is 42.5 Å². The Morgan fingerprint density at radius 3 is 2.30 bits per heavy atom. The van der Waals surface area contributed by atoms with Gasteiger partial charge in [-0.2, -0.15) is 0 Å². The van der Waals surface area contributed by atoms with Crippen molar-refractivity contribution in [2.45, 2.75) is 0 Å². The molecule has 0 aliphatic rings. The Bertz CT molecular complexity index is 1260. The molecule has 4 rings (SSSR count). The normalized spacial score (nSPS) is 11.4. The van der Waals surface area contributed by atoms with Gasteiger partial charge in [-0.15, -0.1) is 0 Å². The molecule has 2 aromatic carbocycles. The average Bonchev–Trinajstić information content (AvgIpc) is 3.15. The Morgan fingerprint density at radius 2 is 1.63 bits per heavy atom. The number of fused-ring (bicyclic) bond motifs is 1. The predicted molar refractivity (Wildman–Crippen MR) is 118 cm³/mol. The molecular weight excluding hydrogens is 378 g/mol. The molecule has 0 unspecified atom stereocenters. The van der Waals surface area contributed by atoms with Crippen LogP contribution < -0.4 is 16.8 Å². The molecule has 0 spiro atoms. The number of aromatic nitrogens is 2. The van der Waals surface area contributed by atoms with Gasteiger partial charge in [-0.1, -0.05) is 30.3 Å². The van der Waals surface area contributed by atoms with Gasteiger partial charge < -0.3 is 21.8 Å². The number of nitrogens with two attached hydrogens (primary N) is 2. The van der Waals surface area contributed by atoms with Crippen LogP contribution in [0.3, 0.4) is 0 Å². The van der Waals surface area contributed by atoms with Crippen LogP contribution in [-0.4, -0.2) is 21.8 Å². The predicted octanol–water partition coefficient (Wildman–Crippen LogP) is 3.43. The van der Waals surface area contributed by atoms with Crippen LogP contribution >= 0.6 is 0 Å². The van der Waals surface area contributed by atoms with Crippen LogP contribution in [0, 0.1) is 0 Å². The maximum absolute atomic E-state index is 12.0. The maximum atomic E-state index is 12.0. The summed E-state index contributed by atoms with van der Waals surface area (Å²) in [6.45, 7) is 0. The van der Waals surface area contributed by atoms with Gasteiger partial charge in [-0.25, -0.2) is 4.98 Å². The standard InChI is InChI=1S/C23H19N5O2/c24-21(29)15-6-8-17(9-7-15)27-20-11-10-18-16(13-26-23(18)28-20)12-19(22(25)30)14-4-2-1-3-5-14/h1-13H,(H2,24,29)(H2,25,30)(H2,26,27,28). The maximum Gasteiger partial charge on any atom is 0.249 e. The van der Waals surface area contributed by atoms with Crippen LogP contribution in [0.5, 0.6) is 0 Å². The molecule has 2 aromatic heterocycles. The molecule has 0 saturated heterocycles. The third kappa shape index (κ3) is 3.90. The number of H-pyrrole nitrogens is 1. The fourth-order valence-corrected chi connectivity index (χ4v) is 3.15. The van der Waals surface area contributed by atoms with E-state index >= 15 is 0 Å². The topological polar surface area (TPSA) is 127 Å². The molecule has 30 heavy (non-hydrogen) atoms. The van der Waals surface area contributed by atoms with Crippen molar-refractivity contribution in [3.05, 3.63) is 89.6 Å². The number of nitrogens with one attached hydrogen (secondary N) is 2. The molecule has 0 radical (unpaired) electrons. The van der Waals surface area contributed by atoms with Crippen LogP contribution in [-0.2, 0) is 4.79 Å². The Balaban J connectivity index is 1.63. The number of hydrogen-bond acceptors (Lipinski definition) is 4. The van der Waals surface area contributed by atoms with E-state index in [4.69, 9.17) is 11.5 Å². The Labute approximate surface area is 172 Å². The third-order valence-electron chi connectivity index (χ3n) is 4.66. The van der Waals surface area contributed by atoms with Crippen molar-refractivity contribution in [1.29, 1.82) is 0 Å². The van der Waals surface area contributed by atoms with Crippen molar-refractivity contribution in [2.75, 3.05) is 5.32 Å². The van der Waals surface area contributed by atoms with Crippen molar-refractivity contribution >= 4 is 46.0 Å². The number of hydrogen-bond donors (Lipinski definition) is 4. The second kappa shape index (κ2) is 7.92. The summed E-state index contributed by atoms with van der Waals surface area (Å²) < 4.78 is 0. The molecule has 0 saturated carbocycles. The van der Waals surface area contributed by atoms with Gasteiger partial charge in [0.1, 0.15) is 11.5 Å². The van der Waals surface area contributed by atoms with Crippen molar-refractivity contribution in [1.82, 2.24) is 9.97 Å². The molecule has 7 nitrogen and oxygen atoms in total. The van der Waals surface area contributed by atoms with E-state index in [1.54, 1.807) is 36.5 Å². The zero-order chi connectivity index (χ0) is 21.1. The van der Waals surface area contributed by atoms with Gasteiger partial charge in [0.05, 0.1) is 0 Å². The lowest BCUT2D eigenvalue weighted by atomic mass is 10.0. The Kier molecular flexibility index (Phi) is 5.00. The summed E-state index contributed by atoms with van der Waals surface area (Å²) >= 11 is 0. The fraction of sp³-hybridized carbons (Fsp3) is 0. The Hall–Kier alpha value is -4.39. The molecule has 0 aliphatic heterocycles. The van der Waals surface area contributed by atoms with E-state index in [9.17, 15) is 9.59 Å². The number of primary amides is 2. The minimum Gasteiger partial charge on any atom is -0.366 e. The second-order valence-electron chi connectivity index (χ2n) is 6.69. The highest BCUT2D eigenvalue weighted by Crippen LogP contribution is 2.25. The van der Waals surface area contributed by atoms with Gasteiger partial charge in [0, 0.05) is 34.0 Å². The highest BCUT2D eigenvalue weighted by atomic mass is 16.1. The summed E-state index contributed by atoms with van der Waals surface area (Å²) in [6.07, 6.45) is 3.54. The summed E-state index contributed by atoms with van der Waals surface area (Å²) in [5.41, 5.74) is 14.7. The molecule has 0 bridgehead atoms. The van der Waals surface area contributed by atoms with E-state index < -0.39 is 11.8 Å². The number of pyridine rings is 1. The van der Waals surface area contributed by atoms with Gasteiger partial charge in [0.2, 0.25) is 11.8 Å². The summed E-state index contributed by atoms with van der Waals surface area (Å²) in [6, 6.07) is 19.8. The lowest BCUT2D eigenvalue weighted by Crippen LogP contribution is -2.12. The van der Waals surface area contributed by atoms with Crippen LogP contribution in [0.2, 0.25) is 0 Å². The van der Waals surface area contributed by atoms with Gasteiger partial charge in [0.15, 0.2) is 0 Å². The lowest BCUT2D eigenvalue weighted by Gasteiger charge is -2.06. The number of aromatic amines is 1. The Morgan fingerprint density at radius 1 is 0.900 bits per heavy atom. The summed E-state index contributed by atoms with van der Waals surface area (Å²) in [4.78, 5) is 30.8. The molecule has 0 atom stereocenters. The third-order valence-corrected chi connectivity index (χ3v) is 4.66. The van der Waals surface area contributed by atoms with Crippen LogP contribution in [0.25, 0.3) is 22.7 Å². The number of anilines is 2. The smallest absolute Gasteiger partial charge is 0.249 e. The zero-order valence-corrected chi connectivity index (χ0v) is 15.9. The monoisotopic (exact) mass is 397 g/mol. The zero-order valence-electron chi connectivity index (χ0n) is 15.9. The largest absolute Gasteiger partial charge is 0.366 e. The molecule has 2 heterocycles. The van der Waals surface area contributed by atoms with E-state index in [2.05, 4.69) is 15.3 Å². The van der Waals surface area contributed by atoms with E-state index in [0.29, 0.717) is 22.6 Å². The van der Waals surface area contributed by atoms with E-state index in [0.717, 1.165) is 22.2 Å². The number of rotatable bonds is 6. The molecular formula is C23H19N5O2. The number of carbonyl (C=O) groups excluding carboxylic acids is 2. The van der Waals surface area contributed by atoms with Crippen molar-refractivity contribution in [3.63, 3.8) is 0 Å². The summed E-state index contributed by atoms with van der Waals surface area (Å²) in [7, 11) is 0. The lowest BCUT2D eigenvalue weighted by molar-refractivity contribution is -0.112. The van der Waals surface area contributed by atoms with Crippen LogP contribution in [0.1, 0.15) is 21.5 Å². The second-order valence-corrected chi connectivity index (χ2v) is 6.69. The van der Waals surface area contributed by atoms with E-state index in [-0.39, 0.29) is 0 Å². The minimum absolute atomic E-state index is 0.424. The summed E-state index contributed by atoms with van der Waals surface area (Å²) in [5.74, 6) is -0.343. The quantitative estimate of drug-likeness (QED) is 0.372. The number of nitrogens with zero attached hydrogens (tertiary/aromatic N) is 1. The van der Waals surface area contributed by atoms with Crippen LogP contribution in [0.15, 0.2) is 72.9 Å². The molecule has 7 heteroatoms. The van der Waals surface area contributed by atoms with Gasteiger partial charge in [-0.3, -0.25) is 9.59 Å². The first-order valence-corrected chi connectivity index (χ1v) is 9.23.